The van der Waals surface area contributed by atoms with Gasteiger partial charge in [0.1, 0.15) is 5.76 Å². The van der Waals surface area contributed by atoms with Gasteiger partial charge in [0, 0.05) is 11.1 Å². The van der Waals surface area contributed by atoms with E-state index in [9.17, 15) is 10.0 Å². The summed E-state index contributed by atoms with van der Waals surface area (Å²) < 4.78 is 10.1. The van der Waals surface area contributed by atoms with Crippen LogP contribution in [-0.4, -0.2) is 30.2 Å². The summed E-state index contributed by atoms with van der Waals surface area (Å²) in [5.41, 5.74) is 1.38. The van der Waals surface area contributed by atoms with Crippen LogP contribution in [0, 0.1) is 5.41 Å². The van der Waals surface area contributed by atoms with Crippen molar-refractivity contribution in [3.63, 3.8) is 0 Å². The van der Waals surface area contributed by atoms with E-state index in [1.165, 1.54) is 19.4 Å². The molecule has 1 aromatic heterocycles. The second kappa shape index (κ2) is 5.08. The first-order valence-electron chi connectivity index (χ1n) is 5.30. The fraction of sp³-hybridized carbons (Fsp3) is 0.0833. The van der Waals surface area contributed by atoms with Gasteiger partial charge in [0.15, 0.2) is 0 Å². The van der Waals surface area contributed by atoms with Crippen LogP contribution in [0.4, 0.5) is 0 Å². The summed E-state index contributed by atoms with van der Waals surface area (Å²) in [6.07, 6.45) is 1.50. The van der Waals surface area contributed by atoms with Crippen molar-refractivity contribution >= 4 is 18.5 Å². The molecule has 6 heteroatoms. The van der Waals surface area contributed by atoms with Crippen LogP contribution in [0.5, 0.6) is 0 Å². The normalized spacial score (nSPS) is 10.2. The molecule has 0 aliphatic carbocycles. The molecule has 0 unspecified atom stereocenters. The molecule has 3 N–H and O–H groups in total. The molecule has 0 radical (unpaired) electrons. The smallest absolute Gasteiger partial charge is 0.481 e. The summed E-state index contributed by atoms with van der Waals surface area (Å²) in [6.45, 7) is 0. The zero-order valence-corrected chi connectivity index (χ0v) is 9.75. The first-order valence-corrected chi connectivity index (χ1v) is 5.30. The Morgan fingerprint density at radius 1 is 1.33 bits per heavy atom. The lowest BCUT2D eigenvalue weighted by molar-refractivity contribution is 0.401. The SMILES string of the molecule is COC(=N)c1ccc(B(O)O)c(-c2ccco2)c1. The molecule has 2 rings (SSSR count). The molecule has 0 atom stereocenters. The Morgan fingerprint density at radius 3 is 2.67 bits per heavy atom. The third kappa shape index (κ3) is 2.29. The third-order valence-corrected chi connectivity index (χ3v) is 2.58. The topological polar surface area (TPSA) is 86.7 Å². The predicted molar refractivity (Wildman–Crippen MR) is 67.8 cm³/mol. The summed E-state index contributed by atoms with van der Waals surface area (Å²) in [6, 6.07) is 8.16. The highest BCUT2D eigenvalue weighted by atomic mass is 16.5. The van der Waals surface area contributed by atoms with Gasteiger partial charge in [-0.2, -0.15) is 0 Å². The minimum absolute atomic E-state index is 0.00165. The number of methoxy groups -OCH3 is 1. The first-order chi connectivity index (χ1) is 8.63. The number of ether oxygens (including phenoxy) is 1. The minimum Gasteiger partial charge on any atom is -0.481 e. The highest BCUT2D eigenvalue weighted by Crippen LogP contribution is 2.20. The van der Waals surface area contributed by atoms with Crippen molar-refractivity contribution < 1.29 is 19.2 Å². The molecule has 0 spiro atoms. The molecule has 1 heterocycles. The quantitative estimate of drug-likeness (QED) is 0.419. The Labute approximate surface area is 104 Å². The van der Waals surface area contributed by atoms with Gasteiger partial charge < -0.3 is 19.2 Å². The van der Waals surface area contributed by atoms with Gasteiger partial charge >= 0.3 is 7.12 Å². The summed E-state index contributed by atoms with van der Waals surface area (Å²) in [7, 11) is -0.195. The molecular formula is C12H12BNO4. The zero-order chi connectivity index (χ0) is 13.1. The second-order valence-electron chi connectivity index (χ2n) is 3.69. The van der Waals surface area contributed by atoms with Gasteiger partial charge in [0.25, 0.3) is 0 Å². The van der Waals surface area contributed by atoms with Crippen molar-refractivity contribution in [2.45, 2.75) is 0 Å². The van der Waals surface area contributed by atoms with Gasteiger partial charge in [-0.05, 0) is 29.7 Å². The standard InChI is InChI=1S/C12H12BNO4/c1-17-12(14)8-4-5-10(13(15)16)9(7-8)11-3-2-6-18-11/h2-7,14-16H,1H3. The van der Waals surface area contributed by atoms with Crippen molar-refractivity contribution in [3.05, 3.63) is 42.2 Å². The number of furan rings is 1. The number of benzene rings is 1. The summed E-state index contributed by atoms with van der Waals surface area (Å²) in [5.74, 6) is 0.505. The number of hydrogen-bond acceptors (Lipinski definition) is 5. The molecule has 0 fully saturated rings. The summed E-state index contributed by atoms with van der Waals surface area (Å²) in [5, 5.41) is 26.2. The van der Waals surface area contributed by atoms with Crippen molar-refractivity contribution in [3.8, 4) is 11.3 Å². The fourth-order valence-electron chi connectivity index (χ4n) is 1.69. The highest BCUT2D eigenvalue weighted by molar-refractivity contribution is 6.60. The average molecular weight is 245 g/mol. The van der Waals surface area contributed by atoms with Crippen LogP contribution in [0.25, 0.3) is 11.3 Å². The maximum absolute atomic E-state index is 9.32. The van der Waals surface area contributed by atoms with Gasteiger partial charge in [-0.15, -0.1) is 0 Å². The molecule has 0 aliphatic heterocycles. The molecule has 0 saturated heterocycles. The van der Waals surface area contributed by atoms with Crippen molar-refractivity contribution in [1.82, 2.24) is 0 Å². The largest absolute Gasteiger partial charge is 0.489 e. The monoisotopic (exact) mass is 245 g/mol. The molecule has 0 bridgehead atoms. The second-order valence-corrected chi connectivity index (χ2v) is 3.69. The Balaban J connectivity index is 2.55. The number of hydrogen-bond donors (Lipinski definition) is 3. The predicted octanol–water partition coefficient (Wildman–Crippen LogP) is 0.598. The Morgan fingerprint density at radius 2 is 2.11 bits per heavy atom. The van der Waals surface area contributed by atoms with E-state index >= 15 is 0 Å². The lowest BCUT2D eigenvalue weighted by Gasteiger charge is -2.09. The average Bonchev–Trinajstić information content (AvgIpc) is 2.90. The van der Waals surface area contributed by atoms with Crippen LogP contribution in [0.15, 0.2) is 41.0 Å². The number of nitrogens with one attached hydrogen (secondary N) is 1. The molecule has 0 amide bonds. The van der Waals surface area contributed by atoms with Crippen LogP contribution in [0.3, 0.4) is 0 Å². The third-order valence-electron chi connectivity index (χ3n) is 2.58. The van der Waals surface area contributed by atoms with E-state index in [4.69, 9.17) is 14.6 Å². The van der Waals surface area contributed by atoms with Crippen LogP contribution in [0.2, 0.25) is 0 Å². The van der Waals surface area contributed by atoms with Crippen molar-refractivity contribution in [1.29, 1.82) is 5.41 Å². The van der Waals surface area contributed by atoms with E-state index in [2.05, 4.69) is 0 Å². The first kappa shape index (κ1) is 12.4. The van der Waals surface area contributed by atoms with Crippen molar-refractivity contribution in [2.24, 2.45) is 0 Å². The van der Waals surface area contributed by atoms with Gasteiger partial charge in [0.05, 0.1) is 13.4 Å². The van der Waals surface area contributed by atoms with Gasteiger partial charge in [0.2, 0.25) is 5.90 Å². The van der Waals surface area contributed by atoms with E-state index < -0.39 is 7.12 Å². The summed E-state index contributed by atoms with van der Waals surface area (Å²) >= 11 is 0. The Bertz CT molecular complexity index is 551. The lowest BCUT2D eigenvalue weighted by atomic mass is 9.76. The van der Waals surface area contributed by atoms with Gasteiger partial charge in [-0.1, -0.05) is 6.07 Å². The molecular weight excluding hydrogens is 233 g/mol. The highest BCUT2D eigenvalue weighted by Gasteiger charge is 2.19. The molecule has 92 valence electrons. The number of rotatable bonds is 3. The van der Waals surface area contributed by atoms with E-state index in [-0.39, 0.29) is 5.90 Å². The van der Waals surface area contributed by atoms with Gasteiger partial charge in [-0.25, -0.2) is 0 Å². The Kier molecular flexibility index (Phi) is 3.50. The van der Waals surface area contributed by atoms with Crippen LogP contribution >= 0.6 is 0 Å². The van der Waals surface area contributed by atoms with E-state index in [0.717, 1.165) is 0 Å². The van der Waals surface area contributed by atoms with Crippen LogP contribution < -0.4 is 5.46 Å². The van der Waals surface area contributed by atoms with Crippen LogP contribution in [-0.2, 0) is 4.74 Å². The summed E-state index contributed by atoms with van der Waals surface area (Å²) in [4.78, 5) is 0. The van der Waals surface area contributed by atoms with Gasteiger partial charge in [-0.3, -0.25) is 5.41 Å². The fourth-order valence-corrected chi connectivity index (χ4v) is 1.69. The molecule has 5 nitrogen and oxygen atoms in total. The molecule has 18 heavy (non-hydrogen) atoms. The van der Waals surface area contributed by atoms with Crippen LogP contribution in [0.1, 0.15) is 5.56 Å². The molecule has 0 saturated carbocycles. The molecule has 2 aromatic rings. The van der Waals surface area contributed by atoms with Crippen molar-refractivity contribution in [2.75, 3.05) is 7.11 Å². The van der Waals surface area contributed by atoms with E-state index in [1.54, 1.807) is 24.3 Å². The molecule has 0 aliphatic rings. The molecule has 1 aromatic carbocycles. The zero-order valence-electron chi connectivity index (χ0n) is 9.75. The maximum atomic E-state index is 9.32. The minimum atomic E-state index is -1.60. The van der Waals surface area contributed by atoms with E-state index in [0.29, 0.717) is 22.3 Å². The Hall–Kier alpha value is -2.05. The maximum Gasteiger partial charge on any atom is 0.489 e. The van der Waals surface area contributed by atoms with E-state index in [1.807, 2.05) is 0 Å². The lowest BCUT2D eigenvalue weighted by Crippen LogP contribution is -2.31.